The smallest absolute Gasteiger partial charge is 0.0554 e. The number of rotatable bonds is 6. The van der Waals surface area contributed by atoms with Crippen LogP contribution in [0.25, 0.3) is 0 Å². The summed E-state index contributed by atoms with van der Waals surface area (Å²) in [5, 5.41) is 3.80. The second-order valence-electron chi connectivity index (χ2n) is 6.12. The van der Waals surface area contributed by atoms with Gasteiger partial charge >= 0.3 is 0 Å². The number of hydrogen-bond donors (Lipinski definition) is 1. The van der Waals surface area contributed by atoms with Crippen molar-refractivity contribution >= 4 is 0 Å². The molecule has 2 unspecified atom stereocenters. The standard InChI is InChI=1S/C14H27NO/c1-3-4-6-12-7-5-8-13(12)15-9-14(2)10-16-11-14/h12-13,15H,3-11H2,1-2H3. The largest absolute Gasteiger partial charge is 0.380 e. The molecule has 0 spiro atoms. The molecule has 0 bridgehead atoms. The monoisotopic (exact) mass is 225 g/mol. The van der Waals surface area contributed by atoms with Crippen LogP contribution in [0.3, 0.4) is 0 Å². The molecule has 1 N–H and O–H groups in total. The maximum atomic E-state index is 5.30. The van der Waals surface area contributed by atoms with Crippen LogP contribution in [0.5, 0.6) is 0 Å². The van der Waals surface area contributed by atoms with E-state index in [2.05, 4.69) is 19.2 Å². The topological polar surface area (TPSA) is 21.3 Å². The Morgan fingerprint density at radius 3 is 2.75 bits per heavy atom. The third-order valence-electron chi connectivity index (χ3n) is 4.28. The van der Waals surface area contributed by atoms with Crippen molar-refractivity contribution in [2.75, 3.05) is 19.8 Å². The van der Waals surface area contributed by atoms with Gasteiger partial charge < -0.3 is 10.1 Å². The molecule has 2 aliphatic rings. The van der Waals surface area contributed by atoms with Crippen LogP contribution < -0.4 is 5.32 Å². The van der Waals surface area contributed by atoms with Gasteiger partial charge in [-0.05, 0) is 25.2 Å². The van der Waals surface area contributed by atoms with Gasteiger partial charge in [0, 0.05) is 18.0 Å². The molecule has 2 heteroatoms. The van der Waals surface area contributed by atoms with E-state index in [1.54, 1.807) is 0 Å². The lowest BCUT2D eigenvalue weighted by atomic mass is 9.87. The molecule has 1 saturated heterocycles. The van der Waals surface area contributed by atoms with E-state index in [0.29, 0.717) is 5.41 Å². The van der Waals surface area contributed by atoms with Gasteiger partial charge in [0.15, 0.2) is 0 Å². The molecule has 1 saturated carbocycles. The highest BCUT2D eigenvalue weighted by molar-refractivity contribution is 4.88. The first-order valence-corrected chi connectivity index (χ1v) is 7.05. The van der Waals surface area contributed by atoms with E-state index in [4.69, 9.17) is 4.74 Å². The van der Waals surface area contributed by atoms with Crippen molar-refractivity contribution in [3.8, 4) is 0 Å². The van der Waals surface area contributed by atoms with Gasteiger partial charge in [-0.3, -0.25) is 0 Å². The fourth-order valence-electron chi connectivity index (χ4n) is 3.05. The molecule has 94 valence electrons. The predicted molar refractivity (Wildman–Crippen MR) is 67.6 cm³/mol. The first-order valence-electron chi connectivity index (χ1n) is 7.05. The molecule has 0 amide bonds. The second-order valence-corrected chi connectivity index (χ2v) is 6.12. The van der Waals surface area contributed by atoms with E-state index in [-0.39, 0.29) is 0 Å². The van der Waals surface area contributed by atoms with Crippen LogP contribution in [-0.4, -0.2) is 25.8 Å². The van der Waals surface area contributed by atoms with Crippen LogP contribution >= 0.6 is 0 Å². The number of unbranched alkanes of at least 4 members (excludes halogenated alkanes) is 1. The van der Waals surface area contributed by atoms with Crippen LogP contribution in [0, 0.1) is 11.3 Å². The molecule has 0 aromatic carbocycles. The third-order valence-corrected chi connectivity index (χ3v) is 4.28. The van der Waals surface area contributed by atoms with Crippen molar-refractivity contribution in [3.05, 3.63) is 0 Å². The quantitative estimate of drug-likeness (QED) is 0.750. The third kappa shape index (κ3) is 2.98. The van der Waals surface area contributed by atoms with Gasteiger partial charge in [0.25, 0.3) is 0 Å². The normalized spacial score (nSPS) is 32.6. The Kier molecular flexibility index (Phi) is 4.26. The molecule has 0 aromatic rings. The zero-order valence-corrected chi connectivity index (χ0v) is 10.9. The van der Waals surface area contributed by atoms with Gasteiger partial charge in [0.1, 0.15) is 0 Å². The zero-order valence-electron chi connectivity index (χ0n) is 10.9. The summed E-state index contributed by atoms with van der Waals surface area (Å²) in [5.74, 6) is 0.949. The Labute approximate surface area is 100 Å². The maximum Gasteiger partial charge on any atom is 0.0554 e. The van der Waals surface area contributed by atoms with E-state index in [9.17, 15) is 0 Å². The molecule has 2 rings (SSSR count). The lowest BCUT2D eigenvalue weighted by Gasteiger charge is -2.39. The Hall–Kier alpha value is -0.0800. The van der Waals surface area contributed by atoms with Crippen molar-refractivity contribution in [2.45, 2.75) is 58.4 Å². The van der Waals surface area contributed by atoms with Crippen molar-refractivity contribution < 1.29 is 4.74 Å². The minimum Gasteiger partial charge on any atom is -0.380 e. The fourth-order valence-corrected chi connectivity index (χ4v) is 3.05. The van der Waals surface area contributed by atoms with Crippen molar-refractivity contribution in [1.82, 2.24) is 5.32 Å². The minimum atomic E-state index is 0.428. The minimum absolute atomic E-state index is 0.428. The average molecular weight is 225 g/mol. The van der Waals surface area contributed by atoms with Crippen LogP contribution in [0.1, 0.15) is 52.4 Å². The first kappa shape index (κ1) is 12.4. The molecular weight excluding hydrogens is 198 g/mol. The molecule has 2 atom stereocenters. The van der Waals surface area contributed by atoms with E-state index < -0.39 is 0 Å². The highest BCUT2D eigenvalue weighted by Crippen LogP contribution is 2.31. The maximum absolute atomic E-state index is 5.30. The molecule has 0 radical (unpaired) electrons. The second kappa shape index (κ2) is 5.50. The Bertz CT molecular complexity index is 213. The summed E-state index contributed by atoms with van der Waals surface area (Å²) in [5.41, 5.74) is 0.428. The van der Waals surface area contributed by atoms with Crippen LogP contribution in [0.2, 0.25) is 0 Å². The highest BCUT2D eigenvalue weighted by Gasteiger charge is 2.35. The number of ether oxygens (including phenoxy) is 1. The Morgan fingerprint density at radius 2 is 2.12 bits per heavy atom. The number of nitrogens with one attached hydrogen (secondary N) is 1. The summed E-state index contributed by atoms with van der Waals surface area (Å²) < 4.78 is 5.30. The molecule has 0 aromatic heterocycles. The van der Waals surface area contributed by atoms with Crippen molar-refractivity contribution in [2.24, 2.45) is 11.3 Å². The van der Waals surface area contributed by atoms with Gasteiger partial charge in [-0.2, -0.15) is 0 Å². The zero-order chi connectivity index (χ0) is 11.4. The summed E-state index contributed by atoms with van der Waals surface area (Å²) in [6.45, 7) is 7.68. The van der Waals surface area contributed by atoms with Gasteiger partial charge in [-0.15, -0.1) is 0 Å². The van der Waals surface area contributed by atoms with Crippen molar-refractivity contribution in [3.63, 3.8) is 0 Å². The van der Waals surface area contributed by atoms with Crippen LogP contribution in [-0.2, 0) is 4.74 Å². The molecule has 1 aliphatic heterocycles. The summed E-state index contributed by atoms with van der Waals surface area (Å²) in [4.78, 5) is 0. The molecule has 1 heterocycles. The van der Waals surface area contributed by atoms with E-state index in [1.165, 1.54) is 38.5 Å². The SMILES string of the molecule is CCCCC1CCCC1NCC1(C)COC1. The Balaban J connectivity index is 1.70. The number of hydrogen-bond acceptors (Lipinski definition) is 2. The van der Waals surface area contributed by atoms with E-state index >= 15 is 0 Å². The van der Waals surface area contributed by atoms with Gasteiger partial charge in [0.05, 0.1) is 13.2 Å². The van der Waals surface area contributed by atoms with Crippen LogP contribution in [0.4, 0.5) is 0 Å². The van der Waals surface area contributed by atoms with E-state index in [1.807, 2.05) is 0 Å². The molecule has 2 fully saturated rings. The van der Waals surface area contributed by atoms with Gasteiger partial charge in [-0.1, -0.05) is 33.1 Å². The summed E-state index contributed by atoms with van der Waals surface area (Å²) in [6, 6.07) is 0.795. The summed E-state index contributed by atoms with van der Waals surface area (Å²) in [7, 11) is 0. The van der Waals surface area contributed by atoms with Crippen LogP contribution in [0.15, 0.2) is 0 Å². The molecule has 16 heavy (non-hydrogen) atoms. The summed E-state index contributed by atoms with van der Waals surface area (Å²) >= 11 is 0. The van der Waals surface area contributed by atoms with E-state index in [0.717, 1.165) is 31.7 Å². The van der Waals surface area contributed by atoms with Crippen molar-refractivity contribution in [1.29, 1.82) is 0 Å². The van der Waals surface area contributed by atoms with Gasteiger partial charge in [0.2, 0.25) is 0 Å². The summed E-state index contributed by atoms with van der Waals surface area (Å²) in [6.07, 6.45) is 8.45. The Morgan fingerprint density at radius 1 is 1.31 bits per heavy atom. The lowest BCUT2D eigenvalue weighted by molar-refractivity contribution is -0.100. The fraction of sp³-hybridized carbons (Fsp3) is 1.00. The molecule has 1 aliphatic carbocycles. The average Bonchev–Trinajstić information content (AvgIpc) is 2.68. The molecular formula is C14H27NO. The predicted octanol–water partition coefficient (Wildman–Crippen LogP) is 2.97. The first-order chi connectivity index (χ1) is 7.73. The highest BCUT2D eigenvalue weighted by atomic mass is 16.5. The molecule has 2 nitrogen and oxygen atoms in total. The van der Waals surface area contributed by atoms with Gasteiger partial charge in [-0.25, -0.2) is 0 Å². The lowest BCUT2D eigenvalue weighted by Crippen LogP contribution is -2.50.